The first kappa shape index (κ1) is 14.7. The first-order chi connectivity index (χ1) is 8.65. The first-order valence-corrected chi connectivity index (χ1v) is 6.34. The molecule has 0 unspecified atom stereocenters. The summed E-state index contributed by atoms with van der Waals surface area (Å²) in [7, 11) is 0. The second-order valence-electron chi connectivity index (χ2n) is 4.48. The molecule has 18 heavy (non-hydrogen) atoms. The van der Waals surface area contributed by atoms with Gasteiger partial charge in [-0.2, -0.15) is 0 Å². The van der Waals surface area contributed by atoms with Crippen molar-refractivity contribution in [2.75, 3.05) is 26.3 Å². The summed E-state index contributed by atoms with van der Waals surface area (Å²) in [6, 6.07) is 0. The third-order valence-electron chi connectivity index (χ3n) is 3.12. The van der Waals surface area contributed by atoms with E-state index in [-0.39, 0.29) is 18.4 Å². The summed E-state index contributed by atoms with van der Waals surface area (Å²) >= 11 is 0. The summed E-state index contributed by atoms with van der Waals surface area (Å²) < 4.78 is 5.27. The Morgan fingerprint density at radius 1 is 1.39 bits per heavy atom. The van der Waals surface area contributed by atoms with Crippen molar-refractivity contribution in [3.05, 3.63) is 12.7 Å². The highest BCUT2D eigenvalue weighted by atomic mass is 16.5. The van der Waals surface area contributed by atoms with Crippen molar-refractivity contribution < 1.29 is 19.4 Å². The molecule has 0 aromatic carbocycles. The Morgan fingerprint density at radius 3 is 2.61 bits per heavy atom. The minimum Gasteiger partial charge on any atom is -0.481 e. The molecule has 5 heteroatoms. The van der Waals surface area contributed by atoms with E-state index in [1.54, 1.807) is 4.90 Å². The number of carboxylic acids is 1. The SMILES string of the molecule is C=CCCCOCC(=O)N1CCC(C(=O)O)CC1. The predicted molar refractivity (Wildman–Crippen MR) is 67.2 cm³/mol. The molecule has 0 bridgehead atoms. The van der Waals surface area contributed by atoms with Crippen molar-refractivity contribution >= 4 is 11.9 Å². The minimum atomic E-state index is -0.761. The normalized spacial score (nSPS) is 16.6. The van der Waals surface area contributed by atoms with E-state index in [9.17, 15) is 9.59 Å². The fraction of sp³-hybridized carbons (Fsp3) is 0.692. The predicted octanol–water partition coefficient (Wildman–Crippen LogP) is 1.29. The zero-order valence-electron chi connectivity index (χ0n) is 10.6. The summed E-state index contributed by atoms with van der Waals surface area (Å²) in [4.78, 5) is 24.2. The topological polar surface area (TPSA) is 66.8 Å². The molecule has 0 aromatic heterocycles. The fourth-order valence-corrected chi connectivity index (χ4v) is 1.96. The number of allylic oxidation sites excluding steroid dienone is 1. The monoisotopic (exact) mass is 255 g/mol. The average molecular weight is 255 g/mol. The molecule has 0 spiro atoms. The molecule has 5 nitrogen and oxygen atoms in total. The van der Waals surface area contributed by atoms with Crippen LogP contribution in [-0.4, -0.2) is 48.2 Å². The van der Waals surface area contributed by atoms with E-state index in [0.717, 1.165) is 12.8 Å². The van der Waals surface area contributed by atoms with Crippen LogP contribution in [-0.2, 0) is 14.3 Å². The summed E-state index contributed by atoms with van der Waals surface area (Å²) in [6.45, 7) is 5.30. The molecule has 0 aliphatic carbocycles. The lowest BCUT2D eigenvalue weighted by Gasteiger charge is -2.30. The molecule has 1 fully saturated rings. The van der Waals surface area contributed by atoms with Crippen LogP contribution in [0.1, 0.15) is 25.7 Å². The van der Waals surface area contributed by atoms with Gasteiger partial charge in [-0.3, -0.25) is 9.59 Å². The molecular formula is C13H21NO4. The average Bonchev–Trinajstić information content (AvgIpc) is 2.38. The molecule has 1 N–H and O–H groups in total. The molecule has 0 atom stereocenters. The van der Waals surface area contributed by atoms with Crippen molar-refractivity contribution in [2.45, 2.75) is 25.7 Å². The Bertz CT molecular complexity index is 295. The molecule has 1 saturated heterocycles. The van der Waals surface area contributed by atoms with Crippen LogP contribution in [0.4, 0.5) is 0 Å². The lowest BCUT2D eigenvalue weighted by atomic mass is 9.97. The number of unbranched alkanes of at least 4 members (excludes halogenated alkanes) is 1. The van der Waals surface area contributed by atoms with E-state index in [2.05, 4.69) is 6.58 Å². The highest BCUT2D eigenvalue weighted by Gasteiger charge is 2.26. The van der Waals surface area contributed by atoms with Crippen molar-refractivity contribution in [2.24, 2.45) is 5.92 Å². The number of nitrogens with zero attached hydrogens (tertiary/aromatic N) is 1. The Kier molecular flexibility index (Phi) is 6.43. The number of rotatable bonds is 7. The lowest BCUT2D eigenvalue weighted by molar-refractivity contribution is -0.146. The summed E-state index contributed by atoms with van der Waals surface area (Å²) in [5.41, 5.74) is 0. The number of amides is 1. The van der Waals surface area contributed by atoms with Gasteiger partial charge in [0, 0.05) is 19.7 Å². The van der Waals surface area contributed by atoms with E-state index in [0.29, 0.717) is 32.5 Å². The van der Waals surface area contributed by atoms with Crippen molar-refractivity contribution in [1.82, 2.24) is 4.90 Å². The Hall–Kier alpha value is -1.36. The quantitative estimate of drug-likeness (QED) is 0.550. The van der Waals surface area contributed by atoms with Gasteiger partial charge in [0.2, 0.25) is 5.91 Å². The second-order valence-corrected chi connectivity index (χ2v) is 4.48. The van der Waals surface area contributed by atoms with Gasteiger partial charge in [-0.25, -0.2) is 0 Å². The maximum atomic E-state index is 11.7. The number of hydrogen-bond donors (Lipinski definition) is 1. The van der Waals surface area contributed by atoms with Gasteiger partial charge >= 0.3 is 5.97 Å². The number of carbonyl (C=O) groups is 2. The van der Waals surface area contributed by atoms with Gasteiger partial charge < -0.3 is 14.7 Å². The van der Waals surface area contributed by atoms with Gasteiger partial charge in [0.1, 0.15) is 6.61 Å². The number of aliphatic carboxylic acids is 1. The molecule has 0 saturated carbocycles. The van der Waals surface area contributed by atoms with Crippen LogP contribution >= 0.6 is 0 Å². The van der Waals surface area contributed by atoms with E-state index >= 15 is 0 Å². The van der Waals surface area contributed by atoms with E-state index < -0.39 is 5.97 Å². The maximum Gasteiger partial charge on any atom is 0.306 e. The molecule has 1 heterocycles. The Labute approximate surface area is 107 Å². The van der Waals surface area contributed by atoms with Crippen LogP contribution in [0.3, 0.4) is 0 Å². The Morgan fingerprint density at radius 2 is 2.06 bits per heavy atom. The molecule has 102 valence electrons. The highest BCUT2D eigenvalue weighted by molar-refractivity contribution is 5.78. The molecule has 1 rings (SSSR count). The van der Waals surface area contributed by atoms with Crippen molar-refractivity contribution in [3.63, 3.8) is 0 Å². The van der Waals surface area contributed by atoms with Gasteiger partial charge in [0.15, 0.2) is 0 Å². The highest BCUT2D eigenvalue weighted by Crippen LogP contribution is 2.17. The summed E-state index contributed by atoms with van der Waals surface area (Å²) in [6.07, 6.45) is 4.66. The van der Waals surface area contributed by atoms with E-state index in [4.69, 9.17) is 9.84 Å². The van der Waals surface area contributed by atoms with Gasteiger partial charge in [-0.05, 0) is 25.7 Å². The minimum absolute atomic E-state index is 0.0440. The lowest BCUT2D eigenvalue weighted by Crippen LogP contribution is -2.41. The van der Waals surface area contributed by atoms with E-state index in [1.807, 2.05) is 6.08 Å². The van der Waals surface area contributed by atoms with Gasteiger partial charge in [0.25, 0.3) is 0 Å². The van der Waals surface area contributed by atoms with Crippen LogP contribution in [0.15, 0.2) is 12.7 Å². The Balaban J connectivity index is 2.16. The molecule has 1 aliphatic heterocycles. The van der Waals surface area contributed by atoms with Gasteiger partial charge in [-0.1, -0.05) is 6.08 Å². The summed E-state index contributed by atoms with van der Waals surface area (Å²) in [5.74, 6) is -1.11. The number of carbonyl (C=O) groups excluding carboxylic acids is 1. The number of hydrogen-bond acceptors (Lipinski definition) is 3. The summed E-state index contributed by atoms with van der Waals surface area (Å²) in [5, 5.41) is 8.85. The maximum absolute atomic E-state index is 11.7. The number of piperidine rings is 1. The van der Waals surface area contributed by atoms with Crippen LogP contribution in [0.25, 0.3) is 0 Å². The number of likely N-dealkylation sites (tertiary alicyclic amines) is 1. The van der Waals surface area contributed by atoms with Crippen LogP contribution < -0.4 is 0 Å². The number of carboxylic acid groups (broad SMARTS) is 1. The molecule has 1 amide bonds. The molecule has 1 aliphatic rings. The molecule has 0 radical (unpaired) electrons. The zero-order valence-corrected chi connectivity index (χ0v) is 10.6. The second kappa shape index (κ2) is 7.87. The molecular weight excluding hydrogens is 234 g/mol. The van der Waals surface area contributed by atoms with Gasteiger partial charge in [0.05, 0.1) is 5.92 Å². The smallest absolute Gasteiger partial charge is 0.306 e. The molecule has 0 aromatic rings. The standard InChI is InChI=1S/C13H21NO4/c1-2-3-4-9-18-10-12(15)14-7-5-11(6-8-14)13(16)17/h2,11H,1,3-10H2,(H,16,17). The first-order valence-electron chi connectivity index (χ1n) is 6.34. The fourth-order valence-electron chi connectivity index (χ4n) is 1.96. The van der Waals surface area contributed by atoms with Crippen LogP contribution in [0.5, 0.6) is 0 Å². The van der Waals surface area contributed by atoms with Gasteiger partial charge in [-0.15, -0.1) is 6.58 Å². The van der Waals surface area contributed by atoms with Crippen molar-refractivity contribution in [3.8, 4) is 0 Å². The third kappa shape index (κ3) is 4.87. The van der Waals surface area contributed by atoms with Crippen LogP contribution in [0.2, 0.25) is 0 Å². The largest absolute Gasteiger partial charge is 0.481 e. The van der Waals surface area contributed by atoms with Crippen LogP contribution in [0, 0.1) is 5.92 Å². The zero-order chi connectivity index (χ0) is 13.4. The number of ether oxygens (including phenoxy) is 1. The third-order valence-corrected chi connectivity index (χ3v) is 3.12. The van der Waals surface area contributed by atoms with E-state index in [1.165, 1.54) is 0 Å². The van der Waals surface area contributed by atoms with Crippen molar-refractivity contribution in [1.29, 1.82) is 0 Å².